The Labute approximate surface area is 125 Å². The molecule has 0 fully saturated rings. The van der Waals surface area contributed by atoms with Crippen LogP contribution >= 0.6 is 11.8 Å². The summed E-state index contributed by atoms with van der Waals surface area (Å²) >= 11 is 1.49. The normalized spacial score (nSPS) is 14.5. The highest BCUT2D eigenvalue weighted by Gasteiger charge is 2.20. The van der Waals surface area contributed by atoms with E-state index in [0.717, 1.165) is 5.75 Å². The van der Waals surface area contributed by atoms with Crippen LogP contribution in [-0.4, -0.2) is 38.3 Å². The zero-order chi connectivity index (χ0) is 15.4. The van der Waals surface area contributed by atoms with Crippen molar-refractivity contribution in [2.75, 3.05) is 5.75 Å². The van der Waals surface area contributed by atoms with E-state index in [1.807, 2.05) is 0 Å². The third-order valence-electron chi connectivity index (χ3n) is 3.21. The monoisotopic (exact) mass is 311 g/mol. The standard InChI is InChI=1S/C13H17N3O4S/c1-8(3-2-4-10(17)18)15-11(19)9-7-14-13-16(12(9)20)5-6-21-13/h7-8H,2-6H2,1H3,(H,15,19)(H,17,18). The quantitative estimate of drug-likeness (QED) is 0.751. The lowest BCUT2D eigenvalue weighted by Gasteiger charge is -2.13. The Morgan fingerprint density at radius 3 is 3.05 bits per heavy atom. The van der Waals surface area contributed by atoms with Crippen molar-refractivity contribution < 1.29 is 14.7 Å². The van der Waals surface area contributed by atoms with Gasteiger partial charge in [-0.3, -0.25) is 19.0 Å². The summed E-state index contributed by atoms with van der Waals surface area (Å²) in [4.78, 5) is 38.8. The first-order valence-electron chi connectivity index (χ1n) is 6.74. The highest BCUT2D eigenvalue weighted by atomic mass is 32.2. The fraction of sp³-hybridized carbons (Fsp3) is 0.538. The molecule has 2 heterocycles. The van der Waals surface area contributed by atoms with Gasteiger partial charge in [0.2, 0.25) is 0 Å². The van der Waals surface area contributed by atoms with Crippen LogP contribution in [0.3, 0.4) is 0 Å². The highest BCUT2D eigenvalue weighted by Crippen LogP contribution is 2.20. The summed E-state index contributed by atoms with van der Waals surface area (Å²) in [6.07, 6.45) is 2.41. The van der Waals surface area contributed by atoms with Gasteiger partial charge in [-0.1, -0.05) is 11.8 Å². The van der Waals surface area contributed by atoms with Crippen LogP contribution in [0, 0.1) is 0 Å². The number of hydrogen-bond acceptors (Lipinski definition) is 5. The third kappa shape index (κ3) is 3.84. The van der Waals surface area contributed by atoms with E-state index in [1.54, 1.807) is 6.92 Å². The smallest absolute Gasteiger partial charge is 0.303 e. The molecule has 0 spiro atoms. The van der Waals surface area contributed by atoms with Crippen molar-refractivity contribution in [1.29, 1.82) is 0 Å². The van der Waals surface area contributed by atoms with Crippen LogP contribution in [0.4, 0.5) is 0 Å². The van der Waals surface area contributed by atoms with Gasteiger partial charge in [-0.25, -0.2) is 4.98 Å². The summed E-state index contributed by atoms with van der Waals surface area (Å²) in [7, 11) is 0. The Morgan fingerprint density at radius 2 is 2.33 bits per heavy atom. The predicted octanol–water partition coefficient (Wildman–Crippen LogP) is 0.722. The van der Waals surface area contributed by atoms with Crippen molar-refractivity contribution in [3.05, 3.63) is 22.1 Å². The fourth-order valence-electron chi connectivity index (χ4n) is 2.11. The van der Waals surface area contributed by atoms with Crippen molar-refractivity contribution in [2.24, 2.45) is 0 Å². The summed E-state index contributed by atoms with van der Waals surface area (Å²) in [6.45, 7) is 2.36. The number of fused-ring (bicyclic) bond motifs is 1. The highest BCUT2D eigenvalue weighted by molar-refractivity contribution is 7.99. The molecular formula is C13H17N3O4S. The molecule has 2 rings (SSSR count). The molecule has 21 heavy (non-hydrogen) atoms. The number of carboxylic acids is 1. The molecule has 1 aliphatic rings. The van der Waals surface area contributed by atoms with E-state index in [2.05, 4.69) is 10.3 Å². The number of amides is 1. The lowest BCUT2D eigenvalue weighted by Crippen LogP contribution is -2.37. The molecule has 1 aromatic rings. The summed E-state index contributed by atoms with van der Waals surface area (Å²) < 4.78 is 1.51. The third-order valence-corrected chi connectivity index (χ3v) is 4.18. The van der Waals surface area contributed by atoms with Crippen LogP contribution in [-0.2, 0) is 11.3 Å². The second-order valence-electron chi connectivity index (χ2n) is 4.92. The number of carbonyl (C=O) groups excluding carboxylic acids is 1. The fourth-order valence-corrected chi connectivity index (χ4v) is 3.02. The Bertz CT molecular complexity index is 614. The number of nitrogens with zero attached hydrogens (tertiary/aromatic N) is 2. The zero-order valence-corrected chi connectivity index (χ0v) is 12.5. The Kier molecular flexibility index (Phi) is 5.00. The molecule has 1 aromatic heterocycles. The minimum Gasteiger partial charge on any atom is -0.481 e. The van der Waals surface area contributed by atoms with Crippen molar-refractivity contribution in [2.45, 2.75) is 43.9 Å². The predicted molar refractivity (Wildman–Crippen MR) is 77.6 cm³/mol. The average molecular weight is 311 g/mol. The van der Waals surface area contributed by atoms with Crippen LogP contribution in [0.2, 0.25) is 0 Å². The molecule has 2 N–H and O–H groups in total. The second kappa shape index (κ2) is 6.75. The van der Waals surface area contributed by atoms with Gasteiger partial charge in [0.25, 0.3) is 11.5 Å². The molecule has 1 atom stereocenters. The Balaban J connectivity index is 1.98. The van der Waals surface area contributed by atoms with Gasteiger partial charge in [0.1, 0.15) is 5.56 Å². The van der Waals surface area contributed by atoms with Gasteiger partial charge in [-0.15, -0.1) is 0 Å². The van der Waals surface area contributed by atoms with E-state index in [-0.39, 0.29) is 23.6 Å². The molecule has 0 bridgehead atoms. The first-order chi connectivity index (χ1) is 9.99. The van der Waals surface area contributed by atoms with Crippen LogP contribution in [0.5, 0.6) is 0 Å². The molecule has 1 amide bonds. The number of thioether (sulfide) groups is 1. The van der Waals surface area contributed by atoms with Crippen molar-refractivity contribution >= 4 is 23.6 Å². The van der Waals surface area contributed by atoms with Gasteiger partial charge in [-0.05, 0) is 19.8 Å². The minimum absolute atomic E-state index is 0.0336. The number of rotatable bonds is 6. The number of nitrogens with one attached hydrogen (secondary N) is 1. The molecule has 0 saturated heterocycles. The molecule has 0 saturated carbocycles. The van der Waals surface area contributed by atoms with E-state index >= 15 is 0 Å². The number of hydrogen-bond donors (Lipinski definition) is 2. The molecule has 1 unspecified atom stereocenters. The maximum atomic E-state index is 12.2. The molecule has 0 aliphatic carbocycles. The van der Waals surface area contributed by atoms with Gasteiger partial charge in [-0.2, -0.15) is 0 Å². The van der Waals surface area contributed by atoms with Gasteiger partial charge in [0.05, 0.1) is 0 Å². The summed E-state index contributed by atoms with van der Waals surface area (Å²) in [5, 5.41) is 11.9. The lowest BCUT2D eigenvalue weighted by molar-refractivity contribution is -0.137. The minimum atomic E-state index is -0.855. The molecule has 0 radical (unpaired) electrons. The average Bonchev–Trinajstić information content (AvgIpc) is 2.87. The topological polar surface area (TPSA) is 101 Å². The van der Waals surface area contributed by atoms with Crippen LogP contribution < -0.4 is 10.9 Å². The van der Waals surface area contributed by atoms with E-state index in [4.69, 9.17) is 5.11 Å². The maximum Gasteiger partial charge on any atom is 0.303 e. The zero-order valence-electron chi connectivity index (χ0n) is 11.7. The number of carbonyl (C=O) groups is 2. The molecular weight excluding hydrogens is 294 g/mol. The second-order valence-corrected chi connectivity index (χ2v) is 5.98. The number of aromatic nitrogens is 2. The van der Waals surface area contributed by atoms with Crippen LogP contribution in [0.1, 0.15) is 36.5 Å². The number of carboxylic acid groups (broad SMARTS) is 1. The van der Waals surface area contributed by atoms with Crippen molar-refractivity contribution in [1.82, 2.24) is 14.9 Å². The van der Waals surface area contributed by atoms with E-state index in [9.17, 15) is 14.4 Å². The summed E-state index contributed by atoms with van der Waals surface area (Å²) in [5.41, 5.74) is -0.286. The molecule has 1 aliphatic heterocycles. The Morgan fingerprint density at radius 1 is 1.57 bits per heavy atom. The number of aliphatic carboxylic acids is 1. The molecule has 0 aromatic carbocycles. The first-order valence-corrected chi connectivity index (χ1v) is 7.73. The molecule has 8 heteroatoms. The van der Waals surface area contributed by atoms with Crippen molar-refractivity contribution in [3.63, 3.8) is 0 Å². The molecule has 7 nitrogen and oxygen atoms in total. The van der Waals surface area contributed by atoms with E-state index < -0.39 is 11.9 Å². The first kappa shape index (κ1) is 15.6. The summed E-state index contributed by atoms with van der Waals surface area (Å²) in [5.74, 6) is -0.520. The van der Waals surface area contributed by atoms with Gasteiger partial charge >= 0.3 is 5.97 Å². The Hall–Kier alpha value is -1.83. The van der Waals surface area contributed by atoms with Crippen LogP contribution in [0.15, 0.2) is 16.1 Å². The van der Waals surface area contributed by atoms with Gasteiger partial charge in [0, 0.05) is 31.0 Å². The van der Waals surface area contributed by atoms with E-state index in [0.29, 0.717) is 24.5 Å². The maximum absolute atomic E-state index is 12.2. The largest absolute Gasteiger partial charge is 0.481 e. The lowest BCUT2D eigenvalue weighted by atomic mass is 10.1. The van der Waals surface area contributed by atoms with Crippen LogP contribution in [0.25, 0.3) is 0 Å². The van der Waals surface area contributed by atoms with Gasteiger partial charge < -0.3 is 10.4 Å². The van der Waals surface area contributed by atoms with Gasteiger partial charge in [0.15, 0.2) is 5.16 Å². The summed E-state index contributed by atoms with van der Waals surface area (Å²) in [6, 6.07) is -0.191. The van der Waals surface area contributed by atoms with E-state index in [1.165, 1.54) is 22.5 Å². The SMILES string of the molecule is CC(CCCC(=O)O)NC(=O)c1cnc2n(c1=O)CCS2. The molecule has 114 valence electrons. The van der Waals surface area contributed by atoms with Crippen molar-refractivity contribution in [3.8, 4) is 0 Å².